The summed E-state index contributed by atoms with van der Waals surface area (Å²) in [7, 11) is 3.37. The number of nitrogens with zero attached hydrogens (tertiary/aromatic N) is 1. The average molecular weight is 292 g/mol. The topological polar surface area (TPSA) is 47.7 Å². The summed E-state index contributed by atoms with van der Waals surface area (Å²) in [6.45, 7) is 6.33. The zero-order valence-corrected chi connectivity index (χ0v) is 13.6. The van der Waals surface area contributed by atoms with Crippen LogP contribution in [0.5, 0.6) is 11.5 Å². The van der Waals surface area contributed by atoms with Crippen LogP contribution in [0.25, 0.3) is 0 Å². The van der Waals surface area contributed by atoms with E-state index in [1.165, 1.54) is 12.8 Å². The molecule has 1 aromatic rings. The summed E-state index contributed by atoms with van der Waals surface area (Å²) in [6, 6.07) is 6.75. The van der Waals surface area contributed by atoms with E-state index in [0.29, 0.717) is 18.5 Å². The Hall–Kier alpha value is -1.26. The number of methoxy groups -OCH3 is 2. The minimum atomic E-state index is 0.198. The maximum atomic E-state index is 6.11. The van der Waals surface area contributed by atoms with Crippen LogP contribution in [0, 0.1) is 5.92 Å². The van der Waals surface area contributed by atoms with Crippen molar-refractivity contribution < 1.29 is 9.47 Å². The molecule has 1 heterocycles. The molecule has 3 atom stereocenters. The van der Waals surface area contributed by atoms with E-state index in [0.717, 1.165) is 23.6 Å². The van der Waals surface area contributed by atoms with Crippen molar-refractivity contribution in [3.63, 3.8) is 0 Å². The van der Waals surface area contributed by atoms with Crippen LogP contribution in [-0.4, -0.2) is 38.3 Å². The Bertz CT molecular complexity index is 464. The van der Waals surface area contributed by atoms with Crippen LogP contribution in [0.4, 0.5) is 0 Å². The molecule has 0 aromatic heterocycles. The standard InChI is InChI=1S/C17H28N2O2/c1-12-6-5-9-19(13(12)2)16(11-18)15-8-7-14(20-3)10-17(15)21-4/h7-8,10,12-13,16H,5-6,9,11,18H2,1-4H3. The van der Waals surface area contributed by atoms with E-state index in [4.69, 9.17) is 15.2 Å². The van der Waals surface area contributed by atoms with Crippen molar-refractivity contribution in [2.45, 2.75) is 38.8 Å². The van der Waals surface area contributed by atoms with E-state index in [1.54, 1.807) is 14.2 Å². The zero-order chi connectivity index (χ0) is 15.4. The van der Waals surface area contributed by atoms with Crippen LogP contribution in [0.15, 0.2) is 18.2 Å². The number of benzene rings is 1. The van der Waals surface area contributed by atoms with Gasteiger partial charge in [-0.25, -0.2) is 0 Å². The Balaban J connectivity index is 2.32. The minimum absolute atomic E-state index is 0.198. The molecule has 1 aromatic carbocycles. The monoisotopic (exact) mass is 292 g/mol. The Morgan fingerprint density at radius 2 is 2.05 bits per heavy atom. The molecule has 2 N–H and O–H groups in total. The summed E-state index contributed by atoms with van der Waals surface area (Å²) in [5.41, 5.74) is 7.26. The lowest BCUT2D eigenvalue weighted by Crippen LogP contribution is -2.46. The van der Waals surface area contributed by atoms with Gasteiger partial charge >= 0.3 is 0 Å². The molecule has 4 heteroatoms. The normalized spacial score (nSPS) is 24.6. The van der Waals surface area contributed by atoms with Crippen molar-refractivity contribution in [2.75, 3.05) is 27.3 Å². The predicted molar refractivity (Wildman–Crippen MR) is 85.9 cm³/mol. The van der Waals surface area contributed by atoms with Crippen LogP contribution >= 0.6 is 0 Å². The largest absolute Gasteiger partial charge is 0.497 e. The summed E-state index contributed by atoms with van der Waals surface area (Å²) in [4.78, 5) is 2.53. The first-order chi connectivity index (χ1) is 10.1. The Labute approximate surface area is 128 Å². The van der Waals surface area contributed by atoms with Gasteiger partial charge in [0, 0.05) is 24.2 Å². The van der Waals surface area contributed by atoms with Crippen molar-refractivity contribution in [3.05, 3.63) is 23.8 Å². The number of rotatable bonds is 5. The predicted octanol–water partition coefficient (Wildman–Crippen LogP) is 2.82. The lowest BCUT2D eigenvalue weighted by molar-refractivity contribution is 0.0698. The number of nitrogens with two attached hydrogens (primary N) is 1. The van der Waals surface area contributed by atoms with Gasteiger partial charge in [0.25, 0.3) is 0 Å². The van der Waals surface area contributed by atoms with Gasteiger partial charge in [0.15, 0.2) is 0 Å². The second-order valence-corrected chi connectivity index (χ2v) is 5.96. The molecular weight excluding hydrogens is 264 g/mol. The van der Waals surface area contributed by atoms with Crippen LogP contribution in [-0.2, 0) is 0 Å². The molecule has 0 aliphatic carbocycles. The molecule has 0 saturated carbocycles. The van der Waals surface area contributed by atoms with Gasteiger partial charge in [-0.3, -0.25) is 4.90 Å². The molecule has 0 bridgehead atoms. The molecule has 2 rings (SSSR count). The first kappa shape index (κ1) is 16.1. The quantitative estimate of drug-likeness (QED) is 0.906. The summed E-state index contributed by atoms with van der Waals surface area (Å²) in [6.07, 6.45) is 2.54. The molecule has 1 fully saturated rings. The Kier molecular flexibility index (Phi) is 5.48. The molecule has 0 amide bonds. The van der Waals surface area contributed by atoms with Crippen molar-refractivity contribution in [1.82, 2.24) is 4.90 Å². The van der Waals surface area contributed by atoms with Crippen molar-refractivity contribution in [2.24, 2.45) is 11.7 Å². The van der Waals surface area contributed by atoms with E-state index in [2.05, 4.69) is 24.8 Å². The molecule has 1 saturated heterocycles. The number of likely N-dealkylation sites (tertiary alicyclic amines) is 1. The van der Waals surface area contributed by atoms with Crippen molar-refractivity contribution in [3.8, 4) is 11.5 Å². The molecule has 4 nitrogen and oxygen atoms in total. The highest BCUT2D eigenvalue weighted by molar-refractivity contribution is 5.42. The highest BCUT2D eigenvalue weighted by Crippen LogP contribution is 2.36. The molecule has 3 unspecified atom stereocenters. The van der Waals surface area contributed by atoms with Gasteiger partial charge in [-0.15, -0.1) is 0 Å². The highest BCUT2D eigenvalue weighted by atomic mass is 16.5. The zero-order valence-electron chi connectivity index (χ0n) is 13.6. The van der Waals surface area contributed by atoms with Crippen LogP contribution < -0.4 is 15.2 Å². The van der Waals surface area contributed by atoms with Crippen LogP contribution in [0.1, 0.15) is 38.3 Å². The van der Waals surface area contributed by atoms with Gasteiger partial charge in [-0.05, 0) is 38.3 Å². The fourth-order valence-corrected chi connectivity index (χ4v) is 3.34. The third-order valence-electron chi connectivity index (χ3n) is 4.85. The first-order valence-electron chi connectivity index (χ1n) is 7.80. The smallest absolute Gasteiger partial charge is 0.127 e. The third-order valence-corrected chi connectivity index (χ3v) is 4.85. The van der Waals surface area contributed by atoms with Gasteiger partial charge in [-0.1, -0.05) is 13.0 Å². The fourth-order valence-electron chi connectivity index (χ4n) is 3.34. The first-order valence-corrected chi connectivity index (χ1v) is 7.80. The maximum absolute atomic E-state index is 6.11. The molecular formula is C17H28N2O2. The van der Waals surface area contributed by atoms with Gasteiger partial charge in [0.2, 0.25) is 0 Å². The number of hydrogen-bond acceptors (Lipinski definition) is 4. The summed E-state index contributed by atoms with van der Waals surface area (Å²) >= 11 is 0. The summed E-state index contributed by atoms with van der Waals surface area (Å²) in [5.74, 6) is 2.37. The summed E-state index contributed by atoms with van der Waals surface area (Å²) in [5, 5.41) is 0. The highest BCUT2D eigenvalue weighted by Gasteiger charge is 2.31. The second kappa shape index (κ2) is 7.14. The molecule has 0 spiro atoms. The number of hydrogen-bond donors (Lipinski definition) is 1. The second-order valence-electron chi connectivity index (χ2n) is 5.96. The number of ether oxygens (including phenoxy) is 2. The third kappa shape index (κ3) is 3.33. The van der Waals surface area contributed by atoms with Gasteiger partial charge < -0.3 is 15.2 Å². The van der Waals surface area contributed by atoms with E-state index in [-0.39, 0.29) is 6.04 Å². The molecule has 1 aliphatic heterocycles. The number of piperidine rings is 1. The van der Waals surface area contributed by atoms with Crippen LogP contribution in [0.3, 0.4) is 0 Å². The van der Waals surface area contributed by atoms with Crippen molar-refractivity contribution >= 4 is 0 Å². The van der Waals surface area contributed by atoms with E-state index < -0.39 is 0 Å². The minimum Gasteiger partial charge on any atom is -0.497 e. The van der Waals surface area contributed by atoms with Crippen molar-refractivity contribution in [1.29, 1.82) is 0 Å². The lowest BCUT2D eigenvalue weighted by Gasteiger charge is -2.43. The van der Waals surface area contributed by atoms with E-state index >= 15 is 0 Å². The average Bonchev–Trinajstić information content (AvgIpc) is 2.52. The molecule has 1 aliphatic rings. The van der Waals surface area contributed by atoms with E-state index in [9.17, 15) is 0 Å². The van der Waals surface area contributed by atoms with Gasteiger partial charge in [0.05, 0.1) is 20.3 Å². The lowest BCUT2D eigenvalue weighted by atomic mass is 9.89. The summed E-state index contributed by atoms with van der Waals surface area (Å²) < 4.78 is 10.8. The molecule has 118 valence electrons. The van der Waals surface area contributed by atoms with Gasteiger partial charge in [0.1, 0.15) is 11.5 Å². The maximum Gasteiger partial charge on any atom is 0.127 e. The van der Waals surface area contributed by atoms with Gasteiger partial charge in [-0.2, -0.15) is 0 Å². The Morgan fingerprint density at radius 1 is 1.29 bits per heavy atom. The SMILES string of the molecule is COc1ccc(C(CN)N2CCCC(C)C2C)c(OC)c1. The Morgan fingerprint density at radius 3 is 2.67 bits per heavy atom. The molecule has 0 radical (unpaired) electrons. The van der Waals surface area contributed by atoms with E-state index in [1.807, 2.05) is 12.1 Å². The fraction of sp³-hybridized carbons (Fsp3) is 0.647. The molecule has 21 heavy (non-hydrogen) atoms. The van der Waals surface area contributed by atoms with Crippen LogP contribution in [0.2, 0.25) is 0 Å².